The van der Waals surface area contributed by atoms with Gasteiger partial charge in [0.25, 0.3) is 0 Å². The number of amides is 1. The first-order chi connectivity index (χ1) is 13.2. The number of hydrogen-bond donors (Lipinski definition) is 1. The van der Waals surface area contributed by atoms with E-state index in [-0.39, 0.29) is 5.92 Å². The Balaban J connectivity index is 2.48. The molecule has 2 aromatic rings. The van der Waals surface area contributed by atoms with Crippen molar-refractivity contribution in [2.45, 2.75) is 45.3 Å². The fourth-order valence-electron chi connectivity index (χ4n) is 3.20. The molecule has 0 aliphatic heterocycles. The molecule has 0 heterocycles. The van der Waals surface area contributed by atoms with Crippen molar-refractivity contribution in [1.29, 1.82) is 0 Å². The Morgan fingerprint density at radius 1 is 0.893 bits per heavy atom. The highest BCUT2D eigenvalue weighted by Crippen LogP contribution is 2.32. The highest BCUT2D eigenvalue weighted by Gasteiger charge is 2.36. The van der Waals surface area contributed by atoms with E-state index in [9.17, 15) is 9.59 Å². The van der Waals surface area contributed by atoms with Gasteiger partial charge in [-0.05, 0) is 38.8 Å². The molecule has 2 aromatic carbocycles. The Labute approximate surface area is 167 Å². The Hall–Kier alpha value is -2.82. The number of ether oxygens (including phenoxy) is 2. The quantitative estimate of drug-likeness (QED) is 0.745. The molecule has 0 aliphatic rings. The first kappa shape index (κ1) is 21.5. The average Bonchev–Trinajstić information content (AvgIpc) is 2.66. The minimum atomic E-state index is -0.641. The minimum Gasteiger partial charge on any atom is -0.469 e. The van der Waals surface area contributed by atoms with Crippen LogP contribution in [-0.2, 0) is 14.3 Å². The van der Waals surface area contributed by atoms with Crippen LogP contribution in [0.1, 0.15) is 44.7 Å². The second kappa shape index (κ2) is 9.40. The van der Waals surface area contributed by atoms with Gasteiger partial charge >= 0.3 is 12.1 Å². The Bertz CT molecular complexity index is 729. The lowest BCUT2D eigenvalue weighted by Gasteiger charge is -2.33. The number of benzene rings is 2. The summed E-state index contributed by atoms with van der Waals surface area (Å²) >= 11 is 0. The third kappa shape index (κ3) is 5.84. The standard InChI is InChI=1S/C23H29NO4/c1-16(21(25)27-5)20(24-22(26)28-23(2,3)4)19(17-12-8-6-9-13-17)18-14-10-7-11-15-18/h6-16,19-20H,1-5H3,(H,24,26)/t16-,20-/m1/s1. The van der Waals surface area contributed by atoms with E-state index in [1.54, 1.807) is 27.7 Å². The number of nitrogens with one attached hydrogen (secondary N) is 1. The largest absolute Gasteiger partial charge is 0.469 e. The van der Waals surface area contributed by atoms with Gasteiger partial charge < -0.3 is 14.8 Å². The van der Waals surface area contributed by atoms with Crippen LogP contribution in [0, 0.1) is 5.92 Å². The number of rotatable bonds is 6. The van der Waals surface area contributed by atoms with Gasteiger partial charge in [0.2, 0.25) is 0 Å². The predicted molar refractivity (Wildman–Crippen MR) is 109 cm³/mol. The minimum absolute atomic E-state index is 0.246. The van der Waals surface area contributed by atoms with Gasteiger partial charge in [-0.3, -0.25) is 4.79 Å². The van der Waals surface area contributed by atoms with Crippen molar-refractivity contribution in [1.82, 2.24) is 5.32 Å². The summed E-state index contributed by atoms with van der Waals surface area (Å²) in [7, 11) is 1.35. The number of methoxy groups -OCH3 is 1. The third-order valence-corrected chi connectivity index (χ3v) is 4.47. The van der Waals surface area contributed by atoms with Gasteiger partial charge in [-0.1, -0.05) is 60.7 Å². The van der Waals surface area contributed by atoms with E-state index < -0.39 is 29.6 Å². The first-order valence-corrected chi connectivity index (χ1v) is 9.40. The summed E-state index contributed by atoms with van der Waals surface area (Å²) in [6.07, 6.45) is -0.565. The number of hydrogen-bond acceptors (Lipinski definition) is 4. The lowest BCUT2D eigenvalue weighted by Crippen LogP contribution is -2.48. The molecule has 1 amide bonds. The van der Waals surface area contributed by atoms with Crippen LogP contribution in [0.15, 0.2) is 60.7 Å². The zero-order chi connectivity index (χ0) is 20.7. The van der Waals surface area contributed by atoms with Gasteiger partial charge in [-0.2, -0.15) is 0 Å². The van der Waals surface area contributed by atoms with Crippen LogP contribution < -0.4 is 5.32 Å². The van der Waals surface area contributed by atoms with Crippen LogP contribution in [0.5, 0.6) is 0 Å². The Kier molecular flexibility index (Phi) is 7.21. The second-order valence-corrected chi connectivity index (χ2v) is 7.78. The molecule has 0 spiro atoms. The van der Waals surface area contributed by atoms with Gasteiger partial charge in [0.05, 0.1) is 19.1 Å². The van der Waals surface area contributed by atoms with E-state index in [1.165, 1.54) is 7.11 Å². The van der Waals surface area contributed by atoms with Crippen LogP contribution in [0.25, 0.3) is 0 Å². The monoisotopic (exact) mass is 383 g/mol. The maximum atomic E-state index is 12.6. The van der Waals surface area contributed by atoms with Crippen molar-refractivity contribution in [2.24, 2.45) is 5.92 Å². The van der Waals surface area contributed by atoms with E-state index in [0.717, 1.165) is 11.1 Å². The number of carbonyl (C=O) groups is 2. The molecule has 0 saturated carbocycles. The molecule has 1 N–H and O–H groups in total. The second-order valence-electron chi connectivity index (χ2n) is 7.78. The summed E-state index contributed by atoms with van der Waals surface area (Å²) in [4.78, 5) is 24.9. The van der Waals surface area contributed by atoms with Crippen molar-refractivity contribution in [3.63, 3.8) is 0 Å². The molecule has 2 atom stereocenters. The molecule has 28 heavy (non-hydrogen) atoms. The Morgan fingerprint density at radius 3 is 1.75 bits per heavy atom. The number of esters is 1. The predicted octanol–water partition coefficient (Wildman–Crippen LogP) is 4.52. The maximum Gasteiger partial charge on any atom is 0.407 e. The molecule has 0 saturated heterocycles. The van der Waals surface area contributed by atoms with E-state index in [0.29, 0.717) is 0 Å². The summed E-state index contributed by atoms with van der Waals surface area (Å²) in [6, 6.07) is 19.1. The van der Waals surface area contributed by atoms with Crippen molar-refractivity contribution in [3.05, 3.63) is 71.8 Å². The Morgan fingerprint density at radius 2 is 1.36 bits per heavy atom. The summed E-state index contributed by atoms with van der Waals surface area (Å²) in [5.41, 5.74) is 1.34. The summed E-state index contributed by atoms with van der Waals surface area (Å²) in [5.74, 6) is -1.22. The highest BCUT2D eigenvalue weighted by molar-refractivity contribution is 5.75. The van der Waals surface area contributed by atoms with Gasteiger partial charge in [0, 0.05) is 5.92 Å². The lowest BCUT2D eigenvalue weighted by atomic mass is 9.79. The fourth-order valence-corrected chi connectivity index (χ4v) is 3.20. The van der Waals surface area contributed by atoms with Crippen LogP contribution in [0.3, 0.4) is 0 Å². The van der Waals surface area contributed by atoms with Gasteiger partial charge in [-0.25, -0.2) is 4.79 Å². The number of alkyl carbamates (subject to hydrolysis) is 1. The molecular weight excluding hydrogens is 354 g/mol. The third-order valence-electron chi connectivity index (χ3n) is 4.47. The van der Waals surface area contributed by atoms with E-state index in [1.807, 2.05) is 60.7 Å². The first-order valence-electron chi connectivity index (χ1n) is 9.40. The van der Waals surface area contributed by atoms with E-state index in [2.05, 4.69) is 5.32 Å². The van der Waals surface area contributed by atoms with E-state index in [4.69, 9.17) is 9.47 Å². The van der Waals surface area contributed by atoms with Crippen molar-refractivity contribution in [3.8, 4) is 0 Å². The molecular formula is C23H29NO4. The topological polar surface area (TPSA) is 64.6 Å². The molecule has 5 heteroatoms. The zero-order valence-electron chi connectivity index (χ0n) is 17.1. The summed E-state index contributed by atoms with van der Waals surface area (Å²) in [6.45, 7) is 7.17. The smallest absolute Gasteiger partial charge is 0.407 e. The molecule has 0 aliphatic carbocycles. The molecule has 5 nitrogen and oxygen atoms in total. The molecule has 2 rings (SSSR count). The molecule has 0 radical (unpaired) electrons. The van der Waals surface area contributed by atoms with Crippen LogP contribution in [-0.4, -0.2) is 30.8 Å². The number of carbonyl (C=O) groups excluding carboxylic acids is 2. The molecule has 0 bridgehead atoms. The van der Waals surface area contributed by atoms with Gasteiger partial charge in [-0.15, -0.1) is 0 Å². The fraction of sp³-hybridized carbons (Fsp3) is 0.391. The normalized spacial score (nSPS) is 13.5. The molecule has 0 aromatic heterocycles. The highest BCUT2D eigenvalue weighted by atomic mass is 16.6. The van der Waals surface area contributed by atoms with Crippen LogP contribution >= 0.6 is 0 Å². The van der Waals surface area contributed by atoms with E-state index >= 15 is 0 Å². The maximum absolute atomic E-state index is 12.6. The van der Waals surface area contributed by atoms with Crippen molar-refractivity contribution >= 4 is 12.1 Å². The van der Waals surface area contributed by atoms with Crippen LogP contribution in [0.2, 0.25) is 0 Å². The molecule has 0 fully saturated rings. The van der Waals surface area contributed by atoms with Gasteiger partial charge in [0.1, 0.15) is 5.60 Å². The van der Waals surface area contributed by atoms with Gasteiger partial charge in [0.15, 0.2) is 0 Å². The summed E-state index contributed by atoms with van der Waals surface area (Å²) in [5, 5.41) is 2.92. The molecule has 0 unspecified atom stereocenters. The molecule has 150 valence electrons. The average molecular weight is 383 g/mol. The zero-order valence-corrected chi connectivity index (χ0v) is 17.1. The van der Waals surface area contributed by atoms with Crippen LogP contribution in [0.4, 0.5) is 4.79 Å². The van der Waals surface area contributed by atoms with Crippen molar-refractivity contribution in [2.75, 3.05) is 7.11 Å². The SMILES string of the molecule is COC(=O)[C@H](C)[C@@H](NC(=O)OC(C)(C)C)C(c1ccccc1)c1ccccc1. The lowest BCUT2D eigenvalue weighted by molar-refractivity contribution is -0.145. The summed E-state index contributed by atoms with van der Waals surface area (Å²) < 4.78 is 10.4. The van der Waals surface area contributed by atoms with Crippen molar-refractivity contribution < 1.29 is 19.1 Å².